The van der Waals surface area contributed by atoms with Crippen LogP contribution in [0.1, 0.15) is 57.7 Å². The fourth-order valence-electron chi connectivity index (χ4n) is 2.39. The number of rotatable bonds is 9. The van der Waals surface area contributed by atoms with Gasteiger partial charge in [-0.05, 0) is 30.7 Å². The average Bonchev–Trinajstić information content (AvgIpc) is 3.22. The zero-order valence-corrected chi connectivity index (χ0v) is 14.9. The predicted octanol–water partition coefficient (Wildman–Crippen LogP) is 4.65. The summed E-state index contributed by atoms with van der Waals surface area (Å²) < 4.78 is 6.97. The molecule has 0 aliphatic heterocycles. The smallest absolute Gasteiger partial charge is 0.336 e. The van der Waals surface area contributed by atoms with Crippen molar-refractivity contribution in [2.75, 3.05) is 6.61 Å². The van der Waals surface area contributed by atoms with Crippen molar-refractivity contribution in [2.24, 2.45) is 5.92 Å². The van der Waals surface area contributed by atoms with Gasteiger partial charge in [-0.1, -0.05) is 39.7 Å². The zero-order valence-electron chi connectivity index (χ0n) is 14.1. The number of thiophene rings is 1. The molecule has 0 fully saturated rings. The summed E-state index contributed by atoms with van der Waals surface area (Å²) in [6.07, 6.45) is 4.72. The molecule has 0 spiro atoms. The van der Waals surface area contributed by atoms with E-state index in [4.69, 9.17) is 4.74 Å². The van der Waals surface area contributed by atoms with Gasteiger partial charge in [-0.3, -0.25) is 4.79 Å². The minimum absolute atomic E-state index is 0.0169. The Bertz CT molecular complexity index is 607. The van der Waals surface area contributed by atoms with Crippen molar-refractivity contribution in [1.82, 2.24) is 14.8 Å². The number of ether oxygens (including phenoxy) is 1. The minimum atomic E-state index is -0.0191. The normalized spacial score (nSPS) is 12.3. The third-order valence-corrected chi connectivity index (χ3v) is 4.59. The van der Waals surface area contributed by atoms with Crippen molar-refractivity contribution in [3.63, 3.8) is 0 Å². The first-order chi connectivity index (χ1) is 11.2. The second-order valence-corrected chi connectivity index (χ2v) is 6.49. The van der Waals surface area contributed by atoms with Crippen molar-refractivity contribution in [3.8, 4) is 16.7 Å². The van der Waals surface area contributed by atoms with E-state index in [0.29, 0.717) is 12.4 Å². The average molecular weight is 335 g/mol. The summed E-state index contributed by atoms with van der Waals surface area (Å²) in [7, 11) is 0. The van der Waals surface area contributed by atoms with Gasteiger partial charge in [-0.2, -0.15) is 9.67 Å². The first kappa shape index (κ1) is 17.7. The molecular formula is C17H25N3O2S. The zero-order chi connectivity index (χ0) is 16.7. The predicted molar refractivity (Wildman–Crippen MR) is 93.1 cm³/mol. The summed E-state index contributed by atoms with van der Waals surface area (Å²) in [5.41, 5.74) is 0. The van der Waals surface area contributed by atoms with Gasteiger partial charge in [-0.25, -0.2) is 0 Å². The van der Waals surface area contributed by atoms with Crippen LogP contribution in [0.15, 0.2) is 17.5 Å². The summed E-state index contributed by atoms with van der Waals surface area (Å²) in [4.78, 5) is 18.3. The lowest BCUT2D eigenvalue weighted by Crippen LogP contribution is -2.23. The monoisotopic (exact) mass is 335 g/mol. The molecule has 1 unspecified atom stereocenters. The standard InChI is InChI=1S/C17H25N3O2S/c1-4-7-9-13(6-3)16(21)20-15(14-10-8-12-23-14)18-17(19-20)22-11-5-2/h8,10,12-13H,4-7,9,11H2,1-3H3. The third-order valence-electron chi connectivity index (χ3n) is 3.72. The van der Waals surface area contributed by atoms with Crippen molar-refractivity contribution < 1.29 is 9.53 Å². The number of carbonyl (C=O) groups is 1. The Morgan fingerprint density at radius 1 is 1.35 bits per heavy atom. The third kappa shape index (κ3) is 4.41. The van der Waals surface area contributed by atoms with Crippen LogP contribution < -0.4 is 4.74 Å². The largest absolute Gasteiger partial charge is 0.462 e. The lowest BCUT2D eigenvalue weighted by Gasteiger charge is -2.13. The van der Waals surface area contributed by atoms with E-state index >= 15 is 0 Å². The highest BCUT2D eigenvalue weighted by Crippen LogP contribution is 2.26. The molecule has 6 heteroatoms. The number of aromatic nitrogens is 3. The molecule has 2 aromatic rings. The number of nitrogens with zero attached hydrogens (tertiary/aromatic N) is 3. The van der Waals surface area contributed by atoms with E-state index in [9.17, 15) is 4.79 Å². The van der Waals surface area contributed by atoms with Gasteiger partial charge >= 0.3 is 6.01 Å². The number of hydrogen-bond donors (Lipinski definition) is 0. The molecule has 0 aliphatic carbocycles. The highest BCUT2D eigenvalue weighted by Gasteiger charge is 2.24. The molecule has 0 N–H and O–H groups in total. The Labute approximate surface area is 141 Å². The molecule has 1 atom stereocenters. The molecule has 2 heterocycles. The lowest BCUT2D eigenvalue weighted by molar-refractivity contribution is 0.0804. The molecule has 0 bridgehead atoms. The first-order valence-electron chi connectivity index (χ1n) is 8.39. The molecule has 0 amide bonds. The molecular weight excluding hydrogens is 310 g/mol. The Balaban J connectivity index is 2.30. The van der Waals surface area contributed by atoms with Crippen molar-refractivity contribution in [1.29, 1.82) is 0 Å². The Kier molecular flexibility index (Phi) is 6.77. The maximum absolute atomic E-state index is 12.9. The van der Waals surface area contributed by atoms with E-state index in [0.717, 1.165) is 37.0 Å². The maximum Gasteiger partial charge on any atom is 0.336 e. The van der Waals surface area contributed by atoms with Gasteiger partial charge in [0.25, 0.3) is 5.91 Å². The molecule has 2 rings (SSSR count). The summed E-state index contributed by atoms with van der Waals surface area (Å²) in [6, 6.07) is 4.19. The first-order valence-corrected chi connectivity index (χ1v) is 9.27. The van der Waals surface area contributed by atoms with Crippen LogP contribution >= 0.6 is 11.3 Å². The van der Waals surface area contributed by atoms with Gasteiger partial charge in [0.15, 0.2) is 5.82 Å². The van der Waals surface area contributed by atoms with E-state index in [1.165, 1.54) is 4.68 Å². The van der Waals surface area contributed by atoms with Crippen LogP contribution in [0.25, 0.3) is 10.7 Å². The Hall–Kier alpha value is -1.69. The Morgan fingerprint density at radius 3 is 2.78 bits per heavy atom. The molecule has 126 valence electrons. The SMILES string of the molecule is CCCCC(CC)C(=O)n1nc(OCCC)nc1-c1cccs1. The second kappa shape index (κ2) is 8.82. The summed E-state index contributed by atoms with van der Waals surface area (Å²) in [6.45, 7) is 6.77. The lowest BCUT2D eigenvalue weighted by atomic mass is 9.98. The van der Waals surface area contributed by atoms with Crippen LogP contribution in [0, 0.1) is 5.92 Å². The van der Waals surface area contributed by atoms with Crippen molar-refractivity contribution in [2.45, 2.75) is 52.9 Å². The van der Waals surface area contributed by atoms with Crippen molar-refractivity contribution in [3.05, 3.63) is 17.5 Å². The van der Waals surface area contributed by atoms with Gasteiger partial charge in [0.05, 0.1) is 11.5 Å². The second-order valence-electron chi connectivity index (χ2n) is 5.54. The number of unbranched alkanes of at least 4 members (excludes halogenated alkanes) is 1. The van der Waals surface area contributed by atoms with Crippen LogP contribution in [0.3, 0.4) is 0 Å². The highest BCUT2D eigenvalue weighted by atomic mass is 32.1. The Morgan fingerprint density at radius 2 is 2.17 bits per heavy atom. The summed E-state index contributed by atoms with van der Waals surface area (Å²) >= 11 is 1.55. The molecule has 23 heavy (non-hydrogen) atoms. The quantitative estimate of drug-likeness (QED) is 0.669. The number of hydrogen-bond acceptors (Lipinski definition) is 5. The maximum atomic E-state index is 12.9. The van der Waals surface area contributed by atoms with Crippen LogP contribution in [0.5, 0.6) is 6.01 Å². The summed E-state index contributed by atoms with van der Waals surface area (Å²) in [5.74, 6) is 0.587. The van der Waals surface area contributed by atoms with Gasteiger partial charge in [0, 0.05) is 5.92 Å². The molecule has 0 aliphatic rings. The summed E-state index contributed by atoms with van der Waals surface area (Å²) in [5, 5.41) is 6.29. The molecule has 5 nitrogen and oxygen atoms in total. The van der Waals surface area contributed by atoms with Gasteiger partial charge in [0.1, 0.15) is 0 Å². The molecule has 0 saturated heterocycles. The van der Waals surface area contributed by atoms with Crippen LogP contribution in [-0.4, -0.2) is 27.3 Å². The molecule has 0 aromatic carbocycles. The van der Waals surface area contributed by atoms with Crippen LogP contribution in [0.4, 0.5) is 0 Å². The van der Waals surface area contributed by atoms with Gasteiger partial charge < -0.3 is 4.74 Å². The molecule has 0 saturated carbocycles. The van der Waals surface area contributed by atoms with Crippen molar-refractivity contribution >= 4 is 17.2 Å². The molecule has 2 aromatic heterocycles. The van der Waals surface area contributed by atoms with E-state index < -0.39 is 0 Å². The van der Waals surface area contributed by atoms with Gasteiger partial charge in [-0.15, -0.1) is 16.4 Å². The molecule has 0 radical (unpaired) electrons. The van der Waals surface area contributed by atoms with E-state index in [2.05, 4.69) is 23.9 Å². The van der Waals surface area contributed by atoms with Gasteiger partial charge in [0.2, 0.25) is 0 Å². The van der Waals surface area contributed by atoms with Crippen LogP contribution in [-0.2, 0) is 0 Å². The van der Waals surface area contributed by atoms with E-state index in [1.54, 1.807) is 11.3 Å². The van der Waals surface area contributed by atoms with Crippen LogP contribution in [0.2, 0.25) is 0 Å². The highest BCUT2D eigenvalue weighted by molar-refractivity contribution is 7.13. The van der Waals surface area contributed by atoms with E-state index in [1.807, 2.05) is 24.4 Å². The minimum Gasteiger partial charge on any atom is -0.462 e. The fraction of sp³-hybridized carbons (Fsp3) is 0.588. The fourth-order valence-corrected chi connectivity index (χ4v) is 3.09. The number of carbonyl (C=O) groups excluding carboxylic acids is 1. The topological polar surface area (TPSA) is 57.0 Å². The van der Waals surface area contributed by atoms with E-state index in [-0.39, 0.29) is 17.8 Å².